The first-order valence-electron chi connectivity index (χ1n) is 18.9. The van der Waals surface area contributed by atoms with Crippen molar-refractivity contribution in [2.45, 2.75) is 75.3 Å². The minimum Gasteiger partial charge on any atom is -0.465 e. The fraction of sp³-hybridized carbons (Fsp3) is 0.333. The maximum atomic E-state index is 14.2. The van der Waals surface area contributed by atoms with Gasteiger partial charge in [0.1, 0.15) is 6.04 Å². The summed E-state index contributed by atoms with van der Waals surface area (Å²) in [5.74, 6) is -1.68. The summed E-state index contributed by atoms with van der Waals surface area (Å²) in [6, 6.07) is 41.2. The van der Waals surface area contributed by atoms with E-state index in [2.05, 4.69) is 5.32 Å². The van der Waals surface area contributed by atoms with Crippen molar-refractivity contribution in [1.82, 2.24) is 5.32 Å². The maximum absolute atomic E-state index is 14.2. The Morgan fingerprint density at radius 3 is 1.65 bits per heavy atom. The Labute approximate surface area is 320 Å². The van der Waals surface area contributed by atoms with Crippen molar-refractivity contribution in [3.8, 4) is 0 Å². The van der Waals surface area contributed by atoms with E-state index in [9.17, 15) is 18.0 Å². The summed E-state index contributed by atoms with van der Waals surface area (Å²) in [5, 5.41) is 5.45. The number of unbranched alkanes of at least 4 members (excludes halogenated alkanes) is 2. The van der Waals surface area contributed by atoms with E-state index < -0.39 is 39.6 Å². The lowest BCUT2D eigenvalue weighted by Crippen LogP contribution is -2.54. The van der Waals surface area contributed by atoms with Crippen LogP contribution in [0.1, 0.15) is 75.5 Å². The van der Waals surface area contributed by atoms with Crippen LogP contribution < -0.4 is 5.32 Å². The Morgan fingerprint density at radius 2 is 1.11 bits per heavy atom. The van der Waals surface area contributed by atoms with Gasteiger partial charge in [0.25, 0.3) is 10.1 Å². The van der Waals surface area contributed by atoms with Crippen LogP contribution in [0.25, 0.3) is 10.8 Å². The van der Waals surface area contributed by atoms with Gasteiger partial charge < -0.3 is 9.47 Å². The predicted molar refractivity (Wildman–Crippen MR) is 212 cm³/mol. The van der Waals surface area contributed by atoms with Crippen molar-refractivity contribution in [3.05, 3.63) is 150 Å². The number of rotatable bonds is 21. The number of carbonyl (C=O) groups is 2. The molecule has 5 aromatic rings. The SMILES string of the molecule is CCCCOC(=O)C(CCCOS(=O)(=O)c1ccc2ccccc2c1)C[C@H](NC(c1ccccc1)(c1ccccc1)c1ccccc1)C(=O)OCCCC. The normalized spacial score (nSPS) is 12.9. The summed E-state index contributed by atoms with van der Waals surface area (Å²) in [5.41, 5.74) is 1.71. The monoisotopic (exact) mass is 749 g/mol. The Bertz CT molecular complexity index is 1920. The number of hydrogen-bond acceptors (Lipinski definition) is 8. The zero-order chi connectivity index (χ0) is 38.2. The molecule has 0 saturated carbocycles. The molecule has 0 aliphatic rings. The van der Waals surface area contributed by atoms with Crippen molar-refractivity contribution in [2.24, 2.45) is 5.92 Å². The highest BCUT2D eigenvalue weighted by Gasteiger charge is 2.41. The summed E-state index contributed by atoms with van der Waals surface area (Å²) in [4.78, 5) is 28.0. The number of carbonyl (C=O) groups excluding carboxylic acids is 2. The fourth-order valence-corrected chi connectivity index (χ4v) is 7.63. The first-order chi connectivity index (χ1) is 26.3. The van der Waals surface area contributed by atoms with Crippen LogP contribution in [0, 0.1) is 5.92 Å². The zero-order valence-corrected chi connectivity index (χ0v) is 32.0. The molecule has 0 aromatic heterocycles. The van der Waals surface area contributed by atoms with E-state index in [1.54, 1.807) is 12.1 Å². The fourth-order valence-electron chi connectivity index (χ4n) is 6.65. The molecule has 5 rings (SSSR count). The molecule has 0 fully saturated rings. The lowest BCUT2D eigenvalue weighted by Gasteiger charge is -2.40. The molecule has 0 aliphatic carbocycles. The van der Waals surface area contributed by atoms with Gasteiger partial charge in [-0.05, 0) is 71.7 Å². The van der Waals surface area contributed by atoms with Crippen molar-refractivity contribution >= 4 is 32.8 Å². The van der Waals surface area contributed by atoms with Crippen LogP contribution in [0.15, 0.2) is 138 Å². The average Bonchev–Trinajstić information content (AvgIpc) is 3.21. The van der Waals surface area contributed by atoms with E-state index >= 15 is 0 Å². The van der Waals surface area contributed by atoms with E-state index in [1.807, 2.05) is 129 Å². The van der Waals surface area contributed by atoms with Gasteiger partial charge in [-0.15, -0.1) is 0 Å². The van der Waals surface area contributed by atoms with E-state index in [1.165, 1.54) is 6.07 Å². The van der Waals surface area contributed by atoms with Gasteiger partial charge in [0.2, 0.25) is 0 Å². The van der Waals surface area contributed by atoms with E-state index in [0.29, 0.717) is 12.8 Å². The topological polar surface area (TPSA) is 108 Å². The Balaban J connectivity index is 1.45. The Hall–Kier alpha value is -4.83. The van der Waals surface area contributed by atoms with Gasteiger partial charge in [-0.3, -0.25) is 19.1 Å². The van der Waals surface area contributed by atoms with Crippen molar-refractivity contribution in [2.75, 3.05) is 19.8 Å². The van der Waals surface area contributed by atoms with Gasteiger partial charge in [-0.2, -0.15) is 8.42 Å². The zero-order valence-electron chi connectivity index (χ0n) is 31.2. The van der Waals surface area contributed by atoms with Crippen molar-refractivity contribution in [3.63, 3.8) is 0 Å². The second-order valence-electron chi connectivity index (χ2n) is 13.4. The molecule has 1 unspecified atom stereocenters. The van der Waals surface area contributed by atoms with Crippen LogP contribution in [0.5, 0.6) is 0 Å². The van der Waals surface area contributed by atoms with E-state index in [-0.39, 0.29) is 44.0 Å². The quantitative estimate of drug-likeness (QED) is 0.0343. The predicted octanol–water partition coefficient (Wildman–Crippen LogP) is 8.97. The highest BCUT2D eigenvalue weighted by atomic mass is 32.2. The van der Waals surface area contributed by atoms with E-state index in [4.69, 9.17) is 13.7 Å². The maximum Gasteiger partial charge on any atom is 0.323 e. The molecule has 0 heterocycles. The summed E-state index contributed by atoms with van der Waals surface area (Å²) < 4.78 is 43.5. The molecule has 54 heavy (non-hydrogen) atoms. The average molecular weight is 750 g/mol. The van der Waals surface area contributed by atoms with Crippen LogP contribution >= 0.6 is 0 Å². The molecule has 1 N–H and O–H groups in total. The molecular formula is C45H51NO7S. The molecule has 0 saturated heterocycles. The molecule has 0 radical (unpaired) electrons. The van der Waals surface area contributed by atoms with Gasteiger partial charge in [0.05, 0.1) is 36.2 Å². The Kier molecular flexibility index (Phi) is 15.0. The third kappa shape index (κ3) is 10.4. The summed E-state index contributed by atoms with van der Waals surface area (Å²) in [6.07, 6.45) is 3.62. The van der Waals surface area contributed by atoms with Crippen LogP contribution in [0.4, 0.5) is 0 Å². The molecular weight excluding hydrogens is 699 g/mol. The lowest BCUT2D eigenvalue weighted by molar-refractivity contribution is -0.152. The number of hydrogen-bond donors (Lipinski definition) is 1. The number of ether oxygens (including phenoxy) is 2. The highest BCUT2D eigenvalue weighted by molar-refractivity contribution is 7.86. The van der Waals surface area contributed by atoms with Crippen LogP contribution in [-0.4, -0.2) is 46.2 Å². The van der Waals surface area contributed by atoms with Gasteiger partial charge in [-0.25, -0.2) is 0 Å². The van der Waals surface area contributed by atoms with Crippen LogP contribution in [0.3, 0.4) is 0 Å². The largest absolute Gasteiger partial charge is 0.465 e. The Morgan fingerprint density at radius 1 is 0.611 bits per heavy atom. The first kappa shape index (κ1) is 40.4. The van der Waals surface area contributed by atoms with E-state index in [0.717, 1.165) is 40.3 Å². The summed E-state index contributed by atoms with van der Waals surface area (Å²) >= 11 is 0. The minimum absolute atomic E-state index is 0.0571. The second-order valence-corrected chi connectivity index (χ2v) is 15.1. The molecule has 5 aromatic carbocycles. The molecule has 0 amide bonds. The number of benzene rings is 5. The van der Waals surface area contributed by atoms with Crippen molar-refractivity contribution < 1.29 is 31.7 Å². The second kappa shape index (κ2) is 20.0. The van der Waals surface area contributed by atoms with Crippen LogP contribution in [0.2, 0.25) is 0 Å². The smallest absolute Gasteiger partial charge is 0.323 e. The van der Waals surface area contributed by atoms with Crippen LogP contribution in [-0.2, 0) is 38.9 Å². The van der Waals surface area contributed by atoms with Gasteiger partial charge >= 0.3 is 11.9 Å². The number of esters is 2. The van der Waals surface area contributed by atoms with Gasteiger partial charge in [-0.1, -0.05) is 148 Å². The van der Waals surface area contributed by atoms with Gasteiger partial charge in [0, 0.05) is 0 Å². The molecule has 0 spiro atoms. The third-order valence-electron chi connectivity index (χ3n) is 9.58. The molecule has 8 nitrogen and oxygen atoms in total. The van der Waals surface area contributed by atoms with Gasteiger partial charge in [0.15, 0.2) is 0 Å². The van der Waals surface area contributed by atoms with Crippen molar-refractivity contribution in [1.29, 1.82) is 0 Å². The summed E-state index contributed by atoms with van der Waals surface area (Å²) in [6.45, 7) is 4.39. The molecule has 0 aliphatic heterocycles. The first-order valence-corrected chi connectivity index (χ1v) is 20.3. The molecule has 284 valence electrons. The standard InChI is InChI=1S/C45H51NO7S/c1-3-5-30-51-43(47)37(21-18-32-53-54(49,50)41-29-28-35-19-16-17-20-36(35)33-41)34-42(44(48)52-31-6-4-2)46-45(38-22-10-7-11-23-38,39-24-12-8-13-25-39)40-26-14-9-15-27-40/h7-17,19-20,22-29,33,37,42,46H,3-6,18,21,30-32,34H2,1-2H3/t37?,42-/m0/s1. The summed E-state index contributed by atoms with van der Waals surface area (Å²) in [7, 11) is -4.06. The number of fused-ring (bicyclic) bond motifs is 1. The highest BCUT2D eigenvalue weighted by Crippen LogP contribution is 2.38. The minimum atomic E-state index is -4.06. The third-order valence-corrected chi connectivity index (χ3v) is 10.9. The number of nitrogens with one attached hydrogen (secondary N) is 1. The lowest BCUT2D eigenvalue weighted by atomic mass is 9.76. The molecule has 9 heteroatoms. The molecule has 0 bridgehead atoms. The molecule has 2 atom stereocenters.